The third kappa shape index (κ3) is 7.84. The van der Waals surface area contributed by atoms with E-state index in [1.54, 1.807) is 36.4 Å². The number of aliphatic hydroxyl groups excluding tert-OH is 1. The number of nitrogens with zero attached hydrogens (tertiary/aromatic N) is 1. The van der Waals surface area contributed by atoms with E-state index in [9.17, 15) is 18.0 Å². The quantitative estimate of drug-likeness (QED) is 0.273. The number of amides is 2. The van der Waals surface area contributed by atoms with Crippen LogP contribution in [0.15, 0.2) is 76.3 Å². The Bertz CT molecular complexity index is 1360. The molecular formula is C25H24BrN3O5S. The van der Waals surface area contributed by atoms with E-state index in [4.69, 9.17) is 5.11 Å². The van der Waals surface area contributed by atoms with E-state index in [0.29, 0.717) is 10.0 Å². The summed E-state index contributed by atoms with van der Waals surface area (Å²) in [5.41, 5.74) is 5.49. The van der Waals surface area contributed by atoms with Gasteiger partial charge in [0.15, 0.2) is 9.84 Å². The highest BCUT2D eigenvalue weighted by molar-refractivity contribution is 9.10. The number of nitrogens with one attached hydrogen (secondary N) is 2. The first kappa shape index (κ1) is 26.3. The van der Waals surface area contributed by atoms with Gasteiger partial charge in [-0.25, -0.2) is 13.8 Å². The summed E-state index contributed by atoms with van der Waals surface area (Å²) in [7, 11) is -3.49. The molecule has 35 heavy (non-hydrogen) atoms. The van der Waals surface area contributed by atoms with Crippen LogP contribution in [-0.2, 0) is 15.6 Å². The van der Waals surface area contributed by atoms with E-state index in [1.165, 1.54) is 12.3 Å². The van der Waals surface area contributed by atoms with Crippen molar-refractivity contribution < 1.29 is 23.1 Å². The van der Waals surface area contributed by atoms with Gasteiger partial charge in [-0.1, -0.05) is 57.9 Å². The second-order valence-electron chi connectivity index (χ2n) is 7.77. The molecule has 3 aromatic carbocycles. The molecule has 0 fully saturated rings. The highest BCUT2D eigenvalue weighted by atomic mass is 79.9. The molecule has 10 heteroatoms. The maximum atomic E-state index is 12.9. The first-order valence-corrected chi connectivity index (χ1v) is 13.2. The first-order valence-electron chi connectivity index (χ1n) is 10.6. The number of aliphatic hydroxyl groups is 1. The van der Waals surface area contributed by atoms with Crippen molar-refractivity contribution in [2.45, 2.75) is 12.7 Å². The van der Waals surface area contributed by atoms with E-state index >= 15 is 0 Å². The van der Waals surface area contributed by atoms with Crippen LogP contribution in [0.2, 0.25) is 0 Å². The van der Waals surface area contributed by atoms with Crippen LogP contribution in [0.4, 0.5) is 5.69 Å². The van der Waals surface area contributed by atoms with Gasteiger partial charge in [0.25, 0.3) is 11.8 Å². The fraction of sp³-hybridized carbons (Fsp3) is 0.160. The van der Waals surface area contributed by atoms with Gasteiger partial charge in [-0.3, -0.25) is 9.59 Å². The normalized spacial score (nSPS) is 11.4. The molecule has 0 aliphatic carbocycles. The van der Waals surface area contributed by atoms with Gasteiger partial charge in [0.1, 0.15) is 0 Å². The number of rotatable bonds is 9. The largest absolute Gasteiger partial charge is 0.395 e. The number of benzene rings is 3. The second kappa shape index (κ2) is 11.9. The average Bonchev–Trinajstić information content (AvgIpc) is 2.81. The third-order valence-electron chi connectivity index (χ3n) is 4.91. The molecule has 0 bridgehead atoms. The molecule has 0 spiro atoms. The van der Waals surface area contributed by atoms with Crippen LogP contribution >= 0.6 is 15.9 Å². The minimum atomic E-state index is -3.49. The van der Waals surface area contributed by atoms with Crippen molar-refractivity contribution in [1.82, 2.24) is 5.43 Å². The molecule has 3 rings (SSSR count). The number of anilines is 1. The van der Waals surface area contributed by atoms with Crippen molar-refractivity contribution in [1.29, 1.82) is 0 Å². The zero-order valence-corrected chi connectivity index (χ0v) is 21.3. The van der Waals surface area contributed by atoms with Crippen molar-refractivity contribution in [3.63, 3.8) is 0 Å². The summed E-state index contributed by atoms with van der Waals surface area (Å²) in [6.45, 7) is 1.51. The fourth-order valence-corrected chi connectivity index (χ4v) is 4.62. The molecule has 0 heterocycles. The zero-order chi connectivity index (χ0) is 25.4. The molecule has 0 aliphatic rings. The van der Waals surface area contributed by atoms with Crippen LogP contribution in [0.5, 0.6) is 0 Å². The van der Waals surface area contributed by atoms with Crippen LogP contribution in [0.1, 0.15) is 37.4 Å². The minimum absolute atomic E-state index is 0.190. The Kier molecular flexibility index (Phi) is 8.91. The third-order valence-corrected chi connectivity index (χ3v) is 6.98. The Hall–Kier alpha value is -3.34. The summed E-state index contributed by atoms with van der Waals surface area (Å²) in [4.78, 5) is 25.6. The summed E-state index contributed by atoms with van der Waals surface area (Å²) in [6, 6.07) is 18.6. The van der Waals surface area contributed by atoms with Gasteiger partial charge in [0.05, 0.1) is 35.6 Å². The van der Waals surface area contributed by atoms with Gasteiger partial charge in [0, 0.05) is 10.0 Å². The Morgan fingerprint density at radius 2 is 1.77 bits per heavy atom. The molecule has 0 unspecified atom stereocenters. The molecule has 0 radical (unpaired) electrons. The summed E-state index contributed by atoms with van der Waals surface area (Å²) < 4.78 is 24.6. The standard InChI is InChI=1S/C25H24BrN3O5S/c1-17-5-7-18(8-6-17)15-27-29-25(32)22-14-21(26)9-10-23(22)28-24(31)20-4-2-3-19(13-20)16-35(33,34)12-11-30/h2-10,13-15,30H,11-12,16H2,1H3,(H,28,31)(H,29,32)/b27-15+. The number of hydrogen-bond donors (Lipinski definition) is 3. The van der Waals surface area contributed by atoms with Gasteiger partial charge in [-0.2, -0.15) is 5.10 Å². The number of aryl methyl sites for hydroxylation is 1. The highest BCUT2D eigenvalue weighted by Crippen LogP contribution is 2.22. The predicted octanol–water partition coefficient (Wildman–Crippen LogP) is 3.68. The molecule has 0 saturated carbocycles. The second-order valence-corrected chi connectivity index (χ2v) is 10.9. The summed E-state index contributed by atoms with van der Waals surface area (Å²) in [6.07, 6.45) is 1.52. The summed E-state index contributed by atoms with van der Waals surface area (Å²) in [5, 5.41) is 15.6. The molecule has 0 aliphatic heterocycles. The summed E-state index contributed by atoms with van der Waals surface area (Å²) in [5.74, 6) is -1.67. The predicted molar refractivity (Wildman–Crippen MR) is 139 cm³/mol. The van der Waals surface area contributed by atoms with Gasteiger partial charge >= 0.3 is 0 Å². The van der Waals surface area contributed by atoms with E-state index in [1.807, 2.05) is 31.2 Å². The smallest absolute Gasteiger partial charge is 0.273 e. The molecule has 0 saturated heterocycles. The molecule has 8 nitrogen and oxygen atoms in total. The van der Waals surface area contributed by atoms with Crippen molar-refractivity contribution >= 4 is 49.5 Å². The van der Waals surface area contributed by atoms with E-state index in [0.717, 1.165) is 11.1 Å². The lowest BCUT2D eigenvalue weighted by molar-refractivity contribution is 0.0956. The maximum Gasteiger partial charge on any atom is 0.273 e. The molecular weight excluding hydrogens is 534 g/mol. The topological polar surface area (TPSA) is 125 Å². The van der Waals surface area contributed by atoms with Crippen LogP contribution in [-0.4, -0.2) is 43.9 Å². The van der Waals surface area contributed by atoms with Crippen LogP contribution < -0.4 is 10.7 Å². The van der Waals surface area contributed by atoms with Crippen LogP contribution in [0.25, 0.3) is 0 Å². The lowest BCUT2D eigenvalue weighted by Gasteiger charge is -2.11. The Balaban J connectivity index is 1.75. The van der Waals surface area contributed by atoms with Crippen LogP contribution in [0.3, 0.4) is 0 Å². The molecule has 3 aromatic rings. The Morgan fingerprint density at radius 3 is 2.49 bits per heavy atom. The van der Waals surface area contributed by atoms with Crippen LogP contribution in [0, 0.1) is 6.92 Å². The zero-order valence-electron chi connectivity index (χ0n) is 18.9. The lowest BCUT2D eigenvalue weighted by atomic mass is 10.1. The maximum absolute atomic E-state index is 12.9. The number of halogens is 1. The molecule has 0 atom stereocenters. The monoisotopic (exact) mass is 557 g/mol. The Labute approximate surface area is 212 Å². The fourth-order valence-electron chi connectivity index (χ4n) is 3.15. The van der Waals surface area contributed by atoms with Crippen molar-refractivity contribution in [2.75, 3.05) is 17.7 Å². The van der Waals surface area contributed by atoms with Crippen molar-refractivity contribution in [3.8, 4) is 0 Å². The van der Waals surface area contributed by atoms with Crippen molar-refractivity contribution in [3.05, 3.63) is 99.0 Å². The van der Waals surface area contributed by atoms with E-state index in [-0.39, 0.29) is 28.3 Å². The molecule has 2 amide bonds. The molecule has 3 N–H and O–H groups in total. The Morgan fingerprint density at radius 1 is 1.03 bits per heavy atom. The lowest BCUT2D eigenvalue weighted by Crippen LogP contribution is -2.21. The molecule has 182 valence electrons. The number of carbonyl (C=O) groups excluding carboxylic acids is 2. The van der Waals surface area contributed by atoms with Gasteiger partial charge in [0.2, 0.25) is 0 Å². The number of sulfone groups is 1. The van der Waals surface area contributed by atoms with E-state index < -0.39 is 28.3 Å². The SMILES string of the molecule is Cc1ccc(/C=N/NC(=O)c2cc(Br)ccc2NC(=O)c2cccc(CS(=O)(=O)CCO)c2)cc1. The molecule has 0 aromatic heterocycles. The minimum Gasteiger partial charge on any atom is -0.395 e. The van der Waals surface area contributed by atoms with Gasteiger partial charge in [-0.05, 0) is 48.4 Å². The van der Waals surface area contributed by atoms with E-state index in [2.05, 4.69) is 31.8 Å². The number of carbonyl (C=O) groups is 2. The highest BCUT2D eigenvalue weighted by Gasteiger charge is 2.17. The van der Waals surface area contributed by atoms with Gasteiger partial charge in [-0.15, -0.1) is 0 Å². The first-order chi connectivity index (χ1) is 16.7. The average molecular weight is 558 g/mol. The van der Waals surface area contributed by atoms with Crippen molar-refractivity contribution in [2.24, 2.45) is 5.10 Å². The summed E-state index contributed by atoms with van der Waals surface area (Å²) >= 11 is 3.33. The number of hydrogen-bond acceptors (Lipinski definition) is 6. The number of hydrazone groups is 1. The van der Waals surface area contributed by atoms with Gasteiger partial charge < -0.3 is 10.4 Å².